The number of aliphatic hydroxyl groups is 1. The molecular formula is C25H31FN6O2. The van der Waals surface area contributed by atoms with E-state index in [1.165, 1.54) is 0 Å². The fraction of sp³-hybridized carbons (Fsp3) is 0.480. The molecule has 1 saturated heterocycles. The van der Waals surface area contributed by atoms with Crippen LogP contribution in [0.5, 0.6) is 0 Å². The second-order valence-corrected chi connectivity index (χ2v) is 9.30. The van der Waals surface area contributed by atoms with Crippen molar-refractivity contribution in [1.82, 2.24) is 20.2 Å². The molecule has 8 nitrogen and oxygen atoms in total. The average Bonchev–Trinajstić information content (AvgIpc) is 2.83. The number of carbonyl (C=O) groups is 1. The highest BCUT2D eigenvalue weighted by Gasteiger charge is 2.30. The van der Waals surface area contributed by atoms with Crippen molar-refractivity contribution < 1.29 is 14.3 Å². The Morgan fingerprint density at radius 3 is 2.68 bits per heavy atom. The van der Waals surface area contributed by atoms with Gasteiger partial charge in [0.05, 0.1) is 23.3 Å². The monoisotopic (exact) mass is 466 g/mol. The van der Waals surface area contributed by atoms with E-state index in [0.717, 1.165) is 67.3 Å². The number of hydrogen-bond acceptors (Lipinski definition) is 7. The van der Waals surface area contributed by atoms with E-state index in [9.17, 15) is 14.3 Å². The molecule has 2 aromatic rings. The predicted molar refractivity (Wildman–Crippen MR) is 129 cm³/mol. The van der Waals surface area contributed by atoms with Crippen LogP contribution in [0.25, 0.3) is 6.08 Å². The first kappa shape index (κ1) is 22.7. The van der Waals surface area contributed by atoms with E-state index in [4.69, 9.17) is 0 Å². The molecule has 3 aliphatic rings. The van der Waals surface area contributed by atoms with E-state index < -0.39 is 12.4 Å². The number of fused-ring (bicyclic) bond motifs is 1. The van der Waals surface area contributed by atoms with E-state index >= 15 is 0 Å². The SMILES string of the molecule is CCC1=Cc2ncc(CN3CCN(c4ccc(C(=O)NC5CC(F)C5)nc4)CC3)cc2NC1O. The Morgan fingerprint density at radius 2 is 2.00 bits per heavy atom. The molecule has 34 heavy (non-hydrogen) atoms. The number of halogens is 1. The topological polar surface area (TPSA) is 93.6 Å². The highest BCUT2D eigenvalue weighted by Crippen LogP contribution is 2.27. The number of aliphatic hydroxyl groups excluding tert-OH is 1. The Balaban J connectivity index is 1.13. The number of amides is 1. The number of alkyl halides is 1. The summed E-state index contributed by atoms with van der Waals surface area (Å²) in [5.74, 6) is -0.240. The number of anilines is 2. The van der Waals surface area contributed by atoms with Gasteiger partial charge in [-0.15, -0.1) is 0 Å². The van der Waals surface area contributed by atoms with Gasteiger partial charge in [-0.05, 0) is 54.7 Å². The standard InChI is InChI=1S/C25H31FN6O2/c1-2-17-10-22-23(30-24(17)33)9-16(13-27-22)15-31-5-7-32(8-6-31)20-3-4-21(28-14-20)25(34)29-19-11-18(26)12-19/h3-4,9-10,13-14,18-19,24,30,33H,2,5-8,11-12,15H2,1H3,(H,29,34). The molecule has 1 amide bonds. The van der Waals surface area contributed by atoms with Gasteiger partial charge in [-0.3, -0.25) is 14.7 Å². The number of piperazine rings is 1. The van der Waals surface area contributed by atoms with Gasteiger partial charge in [0.2, 0.25) is 0 Å². The van der Waals surface area contributed by atoms with Crippen LogP contribution >= 0.6 is 0 Å². The minimum absolute atomic E-state index is 0.0755. The molecule has 1 aliphatic carbocycles. The zero-order valence-corrected chi connectivity index (χ0v) is 19.4. The first-order valence-electron chi connectivity index (χ1n) is 12.0. The molecule has 0 bridgehead atoms. The molecule has 2 aromatic heterocycles. The Morgan fingerprint density at radius 1 is 1.21 bits per heavy atom. The molecule has 0 aromatic carbocycles. The van der Waals surface area contributed by atoms with E-state index in [0.29, 0.717) is 18.5 Å². The summed E-state index contributed by atoms with van der Waals surface area (Å²) in [5, 5.41) is 16.2. The van der Waals surface area contributed by atoms with Gasteiger partial charge in [0.25, 0.3) is 5.91 Å². The van der Waals surface area contributed by atoms with Crippen LogP contribution in [0.3, 0.4) is 0 Å². The van der Waals surface area contributed by atoms with E-state index in [2.05, 4.69) is 36.5 Å². The van der Waals surface area contributed by atoms with Crippen LogP contribution in [0.2, 0.25) is 0 Å². The quantitative estimate of drug-likeness (QED) is 0.603. The summed E-state index contributed by atoms with van der Waals surface area (Å²) in [4.78, 5) is 25.8. The van der Waals surface area contributed by atoms with E-state index in [1.807, 2.05) is 25.3 Å². The predicted octanol–water partition coefficient (Wildman–Crippen LogP) is 2.57. The van der Waals surface area contributed by atoms with Crippen molar-refractivity contribution in [3.63, 3.8) is 0 Å². The maximum atomic E-state index is 12.9. The van der Waals surface area contributed by atoms with Crippen molar-refractivity contribution in [3.8, 4) is 0 Å². The highest BCUT2D eigenvalue weighted by atomic mass is 19.1. The van der Waals surface area contributed by atoms with Gasteiger partial charge < -0.3 is 20.6 Å². The number of pyridine rings is 2. The molecule has 1 atom stereocenters. The lowest BCUT2D eigenvalue weighted by Crippen LogP contribution is -2.46. The number of aromatic nitrogens is 2. The third kappa shape index (κ3) is 4.90. The van der Waals surface area contributed by atoms with Gasteiger partial charge in [0.1, 0.15) is 18.1 Å². The largest absolute Gasteiger partial charge is 0.370 e. The first-order valence-corrected chi connectivity index (χ1v) is 12.0. The second kappa shape index (κ2) is 9.68. The molecule has 2 fully saturated rings. The van der Waals surface area contributed by atoms with Crippen LogP contribution in [0.4, 0.5) is 15.8 Å². The third-order valence-corrected chi connectivity index (χ3v) is 6.89. The van der Waals surface area contributed by atoms with Gasteiger partial charge >= 0.3 is 0 Å². The Bertz CT molecular complexity index is 1060. The van der Waals surface area contributed by atoms with Crippen molar-refractivity contribution in [2.45, 2.75) is 51.2 Å². The summed E-state index contributed by atoms with van der Waals surface area (Å²) < 4.78 is 12.9. The number of nitrogens with zero attached hydrogens (tertiary/aromatic N) is 4. The summed E-state index contributed by atoms with van der Waals surface area (Å²) in [6.07, 6.45) is 5.76. The maximum absolute atomic E-state index is 12.9. The van der Waals surface area contributed by atoms with Gasteiger partial charge in [-0.2, -0.15) is 0 Å². The molecule has 180 valence electrons. The highest BCUT2D eigenvalue weighted by molar-refractivity contribution is 5.92. The summed E-state index contributed by atoms with van der Waals surface area (Å²) >= 11 is 0. The van der Waals surface area contributed by atoms with Crippen molar-refractivity contribution in [2.75, 3.05) is 36.4 Å². The fourth-order valence-corrected chi connectivity index (χ4v) is 4.68. The molecule has 1 saturated carbocycles. The number of hydrogen-bond donors (Lipinski definition) is 3. The minimum atomic E-state index is -0.793. The minimum Gasteiger partial charge on any atom is -0.370 e. The number of carbonyl (C=O) groups excluding carboxylic acids is 1. The van der Waals surface area contributed by atoms with Crippen LogP contribution in [0, 0.1) is 0 Å². The first-order chi connectivity index (χ1) is 16.5. The van der Waals surface area contributed by atoms with Crippen LogP contribution < -0.4 is 15.5 Å². The molecule has 0 radical (unpaired) electrons. The molecule has 2 aliphatic heterocycles. The van der Waals surface area contributed by atoms with E-state index in [-0.39, 0.29) is 11.9 Å². The van der Waals surface area contributed by atoms with Gasteiger partial charge in [-0.1, -0.05) is 6.92 Å². The summed E-state index contributed by atoms with van der Waals surface area (Å²) in [5.41, 5.74) is 5.17. The summed E-state index contributed by atoms with van der Waals surface area (Å²) in [7, 11) is 0. The van der Waals surface area contributed by atoms with Crippen LogP contribution in [0.15, 0.2) is 36.2 Å². The van der Waals surface area contributed by atoms with Crippen LogP contribution in [-0.2, 0) is 6.54 Å². The summed E-state index contributed by atoms with van der Waals surface area (Å²) in [6, 6.07) is 5.67. The molecule has 0 spiro atoms. The zero-order chi connectivity index (χ0) is 23.7. The molecule has 3 N–H and O–H groups in total. The molecule has 9 heteroatoms. The second-order valence-electron chi connectivity index (χ2n) is 9.30. The lowest BCUT2D eigenvalue weighted by atomic mass is 9.91. The van der Waals surface area contributed by atoms with Gasteiger partial charge in [0, 0.05) is 45.0 Å². The van der Waals surface area contributed by atoms with Gasteiger partial charge in [0.15, 0.2) is 0 Å². The third-order valence-electron chi connectivity index (χ3n) is 6.89. The normalized spacial score (nSPS) is 24.5. The van der Waals surface area contributed by atoms with E-state index in [1.54, 1.807) is 12.3 Å². The van der Waals surface area contributed by atoms with Gasteiger partial charge in [-0.25, -0.2) is 9.37 Å². The maximum Gasteiger partial charge on any atom is 0.270 e. The Hall–Kier alpha value is -3.04. The fourth-order valence-electron chi connectivity index (χ4n) is 4.68. The van der Waals surface area contributed by atoms with Crippen molar-refractivity contribution in [3.05, 3.63) is 53.1 Å². The number of rotatable bonds is 6. The Kier molecular flexibility index (Phi) is 6.47. The smallest absolute Gasteiger partial charge is 0.270 e. The van der Waals surface area contributed by atoms with Crippen molar-refractivity contribution >= 4 is 23.4 Å². The molecule has 5 rings (SSSR count). The van der Waals surface area contributed by atoms with Crippen molar-refractivity contribution in [2.24, 2.45) is 0 Å². The number of nitrogens with one attached hydrogen (secondary N) is 2. The summed E-state index contributed by atoms with van der Waals surface area (Å²) in [6.45, 7) is 6.36. The average molecular weight is 467 g/mol. The zero-order valence-electron chi connectivity index (χ0n) is 19.4. The lowest BCUT2D eigenvalue weighted by molar-refractivity contribution is 0.0855. The van der Waals surface area contributed by atoms with Crippen LogP contribution in [0.1, 0.15) is 47.9 Å². The van der Waals surface area contributed by atoms with Crippen LogP contribution in [-0.4, -0.2) is 70.5 Å². The molecule has 4 heterocycles. The molecule has 1 unspecified atom stereocenters. The lowest BCUT2D eigenvalue weighted by Gasteiger charge is -2.36. The molecular weight excluding hydrogens is 435 g/mol. The Labute approximate surface area is 198 Å². The van der Waals surface area contributed by atoms with Crippen molar-refractivity contribution in [1.29, 1.82) is 0 Å².